The minimum atomic E-state index is -0.274. The number of hydrogen-bond donors (Lipinski definition) is 1. The van der Waals surface area contributed by atoms with Crippen molar-refractivity contribution in [1.82, 2.24) is 10.3 Å². The zero-order chi connectivity index (χ0) is 15.2. The molecule has 5 heteroatoms. The SMILES string of the molecule is Cc1nc(C)c(CCNC(=O)CCc2cccc(F)c2)o1. The Morgan fingerprint density at radius 1 is 1.33 bits per heavy atom. The van der Waals surface area contributed by atoms with E-state index >= 15 is 0 Å². The maximum Gasteiger partial charge on any atom is 0.220 e. The van der Waals surface area contributed by atoms with Gasteiger partial charge < -0.3 is 9.73 Å². The first-order valence-corrected chi connectivity index (χ1v) is 6.98. The fraction of sp³-hybridized carbons (Fsp3) is 0.375. The van der Waals surface area contributed by atoms with Gasteiger partial charge in [0.25, 0.3) is 0 Å². The van der Waals surface area contributed by atoms with Crippen LogP contribution >= 0.6 is 0 Å². The molecule has 1 N–H and O–H groups in total. The third-order valence-corrected chi connectivity index (χ3v) is 3.20. The Kier molecular flexibility index (Phi) is 5.09. The van der Waals surface area contributed by atoms with E-state index in [0.717, 1.165) is 17.0 Å². The first-order chi connectivity index (χ1) is 10.0. The average molecular weight is 290 g/mol. The van der Waals surface area contributed by atoms with Gasteiger partial charge in [0.1, 0.15) is 11.6 Å². The van der Waals surface area contributed by atoms with E-state index < -0.39 is 0 Å². The molecule has 4 nitrogen and oxygen atoms in total. The molecule has 0 bridgehead atoms. The molecule has 0 saturated heterocycles. The fourth-order valence-corrected chi connectivity index (χ4v) is 2.16. The molecule has 0 aliphatic heterocycles. The maximum absolute atomic E-state index is 13.0. The van der Waals surface area contributed by atoms with Gasteiger partial charge in [0.15, 0.2) is 5.89 Å². The number of halogens is 1. The van der Waals surface area contributed by atoms with Crippen LogP contribution in [0.3, 0.4) is 0 Å². The van der Waals surface area contributed by atoms with Gasteiger partial charge in [-0.3, -0.25) is 4.79 Å². The van der Waals surface area contributed by atoms with Gasteiger partial charge >= 0.3 is 0 Å². The molecule has 0 fully saturated rings. The highest BCUT2D eigenvalue weighted by Gasteiger charge is 2.07. The van der Waals surface area contributed by atoms with E-state index in [9.17, 15) is 9.18 Å². The van der Waals surface area contributed by atoms with Crippen molar-refractivity contribution in [2.24, 2.45) is 0 Å². The number of carbonyl (C=O) groups excluding carboxylic acids is 1. The first-order valence-electron chi connectivity index (χ1n) is 6.98. The molecular weight excluding hydrogens is 271 g/mol. The minimum absolute atomic E-state index is 0.0480. The normalized spacial score (nSPS) is 10.6. The minimum Gasteiger partial charge on any atom is -0.446 e. The standard InChI is InChI=1S/C16H19FN2O2/c1-11-15(21-12(2)19-11)8-9-18-16(20)7-6-13-4-3-5-14(17)10-13/h3-5,10H,6-9H2,1-2H3,(H,18,20). The number of aryl methyl sites for hydroxylation is 3. The highest BCUT2D eigenvalue weighted by atomic mass is 19.1. The average Bonchev–Trinajstić information content (AvgIpc) is 2.75. The van der Waals surface area contributed by atoms with Crippen LogP contribution in [0.4, 0.5) is 4.39 Å². The van der Waals surface area contributed by atoms with Crippen molar-refractivity contribution in [3.05, 3.63) is 53.0 Å². The first kappa shape index (κ1) is 15.2. The van der Waals surface area contributed by atoms with Crippen molar-refractivity contribution < 1.29 is 13.6 Å². The number of amides is 1. The number of nitrogens with one attached hydrogen (secondary N) is 1. The molecule has 0 unspecified atom stereocenters. The summed E-state index contributed by atoms with van der Waals surface area (Å²) in [5.74, 6) is 1.12. The molecule has 1 aromatic heterocycles. The second-order valence-corrected chi connectivity index (χ2v) is 4.97. The molecule has 112 valence electrons. The monoisotopic (exact) mass is 290 g/mol. The Balaban J connectivity index is 1.71. The van der Waals surface area contributed by atoms with E-state index in [1.165, 1.54) is 12.1 Å². The molecule has 21 heavy (non-hydrogen) atoms. The second kappa shape index (κ2) is 7.02. The van der Waals surface area contributed by atoms with Crippen LogP contribution in [-0.4, -0.2) is 17.4 Å². The van der Waals surface area contributed by atoms with Crippen LogP contribution < -0.4 is 5.32 Å². The van der Waals surface area contributed by atoms with E-state index in [-0.39, 0.29) is 11.7 Å². The van der Waals surface area contributed by atoms with E-state index in [1.807, 2.05) is 13.0 Å². The van der Waals surface area contributed by atoms with Crippen LogP contribution in [0, 0.1) is 19.7 Å². The number of benzene rings is 1. The lowest BCUT2D eigenvalue weighted by molar-refractivity contribution is -0.121. The second-order valence-electron chi connectivity index (χ2n) is 4.97. The number of rotatable bonds is 6. The lowest BCUT2D eigenvalue weighted by atomic mass is 10.1. The summed E-state index contributed by atoms with van der Waals surface area (Å²) in [4.78, 5) is 15.9. The van der Waals surface area contributed by atoms with E-state index in [2.05, 4.69) is 10.3 Å². The number of hydrogen-bond acceptors (Lipinski definition) is 3. The number of aromatic nitrogens is 1. The summed E-state index contributed by atoms with van der Waals surface area (Å²) in [7, 11) is 0. The maximum atomic E-state index is 13.0. The molecule has 2 rings (SSSR count). The summed E-state index contributed by atoms with van der Waals surface area (Å²) in [5, 5.41) is 2.83. The van der Waals surface area contributed by atoms with Gasteiger partial charge in [-0.2, -0.15) is 0 Å². The van der Waals surface area contributed by atoms with Crippen molar-refractivity contribution in [1.29, 1.82) is 0 Å². The van der Waals surface area contributed by atoms with Gasteiger partial charge in [0, 0.05) is 26.3 Å². The molecule has 1 aromatic carbocycles. The summed E-state index contributed by atoms with van der Waals surface area (Å²) >= 11 is 0. The number of nitrogens with zero attached hydrogens (tertiary/aromatic N) is 1. The van der Waals surface area contributed by atoms with Gasteiger partial charge in [-0.05, 0) is 31.0 Å². The predicted octanol–water partition coefficient (Wildman–Crippen LogP) is 2.72. The van der Waals surface area contributed by atoms with Gasteiger partial charge in [-0.1, -0.05) is 12.1 Å². The molecule has 0 saturated carbocycles. The molecule has 0 aliphatic rings. The molecular formula is C16H19FN2O2. The van der Waals surface area contributed by atoms with E-state index in [0.29, 0.717) is 31.7 Å². The number of carbonyl (C=O) groups is 1. The van der Waals surface area contributed by atoms with E-state index in [4.69, 9.17) is 4.42 Å². The fourth-order valence-electron chi connectivity index (χ4n) is 2.16. The van der Waals surface area contributed by atoms with Crippen molar-refractivity contribution in [2.75, 3.05) is 6.54 Å². The largest absolute Gasteiger partial charge is 0.446 e. The Morgan fingerprint density at radius 3 is 2.81 bits per heavy atom. The molecule has 0 spiro atoms. The lowest BCUT2D eigenvalue weighted by Gasteiger charge is -2.04. The van der Waals surface area contributed by atoms with Crippen molar-refractivity contribution >= 4 is 5.91 Å². The van der Waals surface area contributed by atoms with Gasteiger partial charge in [-0.25, -0.2) is 9.37 Å². The van der Waals surface area contributed by atoms with Gasteiger partial charge in [0.2, 0.25) is 5.91 Å². The third-order valence-electron chi connectivity index (χ3n) is 3.20. The highest BCUT2D eigenvalue weighted by Crippen LogP contribution is 2.09. The summed E-state index contributed by atoms with van der Waals surface area (Å²) in [6.45, 7) is 4.20. The number of oxazole rings is 1. The van der Waals surface area contributed by atoms with Crippen molar-refractivity contribution in [3.63, 3.8) is 0 Å². The Bertz CT molecular complexity index is 622. The molecule has 0 aliphatic carbocycles. The van der Waals surface area contributed by atoms with Crippen LogP contribution in [0.1, 0.15) is 29.3 Å². The van der Waals surface area contributed by atoms with Crippen LogP contribution in [0.15, 0.2) is 28.7 Å². The summed E-state index contributed by atoms with van der Waals surface area (Å²) in [5.41, 5.74) is 1.69. The zero-order valence-electron chi connectivity index (χ0n) is 12.3. The summed E-state index contributed by atoms with van der Waals surface area (Å²) < 4.78 is 18.4. The van der Waals surface area contributed by atoms with Gasteiger partial charge in [-0.15, -0.1) is 0 Å². The smallest absolute Gasteiger partial charge is 0.220 e. The predicted molar refractivity (Wildman–Crippen MR) is 77.4 cm³/mol. The van der Waals surface area contributed by atoms with Crippen LogP contribution in [0.25, 0.3) is 0 Å². The molecule has 1 amide bonds. The molecule has 0 atom stereocenters. The molecule has 0 radical (unpaired) electrons. The van der Waals surface area contributed by atoms with Crippen molar-refractivity contribution in [2.45, 2.75) is 33.1 Å². The van der Waals surface area contributed by atoms with Crippen molar-refractivity contribution in [3.8, 4) is 0 Å². The van der Waals surface area contributed by atoms with Crippen LogP contribution in [0.5, 0.6) is 0 Å². The Hall–Kier alpha value is -2.17. The quantitative estimate of drug-likeness (QED) is 0.890. The van der Waals surface area contributed by atoms with Gasteiger partial charge in [0.05, 0.1) is 5.69 Å². The topological polar surface area (TPSA) is 55.1 Å². The molecule has 1 heterocycles. The lowest BCUT2D eigenvalue weighted by Crippen LogP contribution is -2.25. The van der Waals surface area contributed by atoms with Crippen LogP contribution in [-0.2, 0) is 17.6 Å². The van der Waals surface area contributed by atoms with Crippen LogP contribution in [0.2, 0.25) is 0 Å². The van der Waals surface area contributed by atoms with E-state index in [1.54, 1.807) is 13.0 Å². The summed E-state index contributed by atoms with van der Waals surface area (Å²) in [6.07, 6.45) is 1.50. The zero-order valence-corrected chi connectivity index (χ0v) is 12.3. The Morgan fingerprint density at radius 2 is 2.14 bits per heavy atom. The summed E-state index contributed by atoms with van der Waals surface area (Å²) in [6, 6.07) is 6.31. The Labute approximate surface area is 123 Å². The molecule has 2 aromatic rings. The third kappa shape index (κ3) is 4.70. The highest BCUT2D eigenvalue weighted by molar-refractivity contribution is 5.76.